The summed E-state index contributed by atoms with van der Waals surface area (Å²) in [6, 6.07) is 14.2. The lowest BCUT2D eigenvalue weighted by molar-refractivity contribution is 0.0787. The molecule has 0 radical (unpaired) electrons. The number of carbonyl (C=O) groups is 1. The SMILES string of the molecule is Cc1ccccc1CN(C)C(=O)c1cc(-c2cccs2)nc2c1cnn2C(C)C. The van der Waals surface area contributed by atoms with Gasteiger partial charge in [0.1, 0.15) is 0 Å². The fraction of sp³-hybridized carbons (Fsp3) is 0.261. The van der Waals surface area contributed by atoms with Crippen molar-refractivity contribution in [1.29, 1.82) is 0 Å². The van der Waals surface area contributed by atoms with Crippen molar-refractivity contribution < 1.29 is 4.79 Å². The molecule has 29 heavy (non-hydrogen) atoms. The summed E-state index contributed by atoms with van der Waals surface area (Å²) in [5, 5.41) is 7.32. The monoisotopic (exact) mass is 404 g/mol. The third-order valence-electron chi connectivity index (χ3n) is 5.08. The summed E-state index contributed by atoms with van der Waals surface area (Å²) < 4.78 is 1.88. The van der Waals surface area contributed by atoms with Crippen molar-refractivity contribution in [2.45, 2.75) is 33.4 Å². The number of aryl methyl sites for hydroxylation is 1. The van der Waals surface area contributed by atoms with E-state index in [1.54, 1.807) is 22.4 Å². The number of amides is 1. The van der Waals surface area contributed by atoms with Crippen LogP contribution in [0.25, 0.3) is 21.6 Å². The average molecular weight is 405 g/mol. The van der Waals surface area contributed by atoms with E-state index in [-0.39, 0.29) is 11.9 Å². The van der Waals surface area contributed by atoms with Crippen molar-refractivity contribution in [3.8, 4) is 10.6 Å². The first-order chi connectivity index (χ1) is 14.0. The van der Waals surface area contributed by atoms with Gasteiger partial charge in [0.25, 0.3) is 5.91 Å². The number of hydrogen-bond donors (Lipinski definition) is 0. The number of carbonyl (C=O) groups excluding carboxylic acids is 1. The summed E-state index contributed by atoms with van der Waals surface area (Å²) in [4.78, 5) is 21.1. The van der Waals surface area contributed by atoms with Gasteiger partial charge < -0.3 is 4.90 Å². The van der Waals surface area contributed by atoms with Gasteiger partial charge in [-0.05, 0) is 49.4 Å². The summed E-state index contributed by atoms with van der Waals surface area (Å²) in [5.74, 6) is -0.0261. The number of rotatable bonds is 5. The van der Waals surface area contributed by atoms with Gasteiger partial charge in [-0.25, -0.2) is 9.67 Å². The van der Waals surface area contributed by atoms with Crippen LogP contribution in [0.2, 0.25) is 0 Å². The molecule has 5 nitrogen and oxygen atoms in total. The highest BCUT2D eigenvalue weighted by Gasteiger charge is 2.21. The Balaban J connectivity index is 1.79. The van der Waals surface area contributed by atoms with E-state index in [9.17, 15) is 4.79 Å². The highest BCUT2D eigenvalue weighted by Crippen LogP contribution is 2.29. The van der Waals surface area contributed by atoms with Crippen molar-refractivity contribution in [2.24, 2.45) is 0 Å². The maximum Gasteiger partial charge on any atom is 0.254 e. The lowest BCUT2D eigenvalue weighted by Gasteiger charge is -2.19. The lowest BCUT2D eigenvalue weighted by Crippen LogP contribution is -2.27. The maximum atomic E-state index is 13.4. The van der Waals surface area contributed by atoms with Crippen molar-refractivity contribution in [2.75, 3.05) is 7.05 Å². The summed E-state index contributed by atoms with van der Waals surface area (Å²) >= 11 is 1.62. The zero-order valence-electron chi connectivity index (χ0n) is 17.1. The van der Waals surface area contributed by atoms with Gasteiger partial charge in [-0.15, -0.1) is 11.3 Å². The highest BCUT2D eigenvalue weighted by molar-refractivity contribution is 7.13. The Kier molecular flexibility index (Phi) is 5.20. The molecule has 4 aromatic rings. The smallest absolute Gasteiger partial charge is 0.254 e. The molecule has 148 valence electrons. The van der Waals surface area contributed by atoms with Crippen LogP contribution in [0.5, 0.6) is 0 Å². The van der Waals surface area contributed by atoms with E-state index in [0.717, 1.165) is 27.2 Å². The second kappa shape index (κ2) is 7.79. The van der Waals surface area contributed by atoms with Crippen molar-refractivity contribution in [1.82, 2.24) is 19.7 Å². The number of hydrogen-bond acceptors (Lipinski definition) is 4. The minimum atomic E-state index is -0.0261. The molecule has 1 aromatic carbocycles. The average Bonchev–Trinajstić information content (AvgIpc) is 3.38. The molecule has 0 saturated heterocycles. The molecule has 0 unspecified atom stereocenters. The molecule has 0 N–H and O–H groups in total. The Morgan fingerprint density at radius 2 is 2.00 bits per heavy atom. The zero-order valence-corrected chi connectivity index (χ0v) is 17.9. The van der Waals surface area contributed by atoms with Gasteiger partial charge in [0.15, 0.2) is 5.65 Å². The highest BCUT2D eigenvalue weighted by atomic mass is 32.1. The summed E-state index contributed by atoms with van der Waals surface area (Å²) in [6.07, 6.45) is 1.76. The van der Waals surface area contributed by atoms with E-state index >= 15 is 0 Å². The standard InChI is InChI=1S/C23H24N4OS/c1-15(2)27-22-19(13-24-27)18(12-20(25-22)21-10-7-11-29-21)23(28)26(4)14-17-9-6-5-8-16(17)3/h5-13,15H,14H2,1-4H3. The van der Waals surface area contributed by atoms with Crippen molar-refractivity contribution in [3.63, 3.8) is 0 Å². The van der Waals surface area contributed by atoms with Gasteiger partial charge in [0, 0.05) is 19.6 Å². The van der Waals surface area contributed by atoms with Gasteiger partial charge in [0.05, 0.1) is 27.7 Å². The van der Waals surface area contributed by atoms with Crippen LogP contribution in [0.15, 0.2) is 54.0 Å². The van der Waals surface area contributed by atoms with Crippen LogP contribution in [0.1, 0.15) is 41.4 Å². The third kappa shape index (κ3) is 3.68. The van der Waals surface area contributed by atoms with E-state index in [4.69, 9.17) is 4.98 Å². The molecule has 4 rings (SSSR count). The van der Waals surface area contributed by atoms with E-state index in [1.807, 2.05) is 47.4 Å². The Hall–Kier alpha value is -2.99. The molecule has 0 aliphatic heterocycles. The molecule has 0 atom stereocenters. The van der Waals surface area contributed by atoms with Crippen LogP contribution in [-0.4, -0.2) is 32.6 Å². The molecule has 0 spiro atoms. The van der Waals surface area contributed by atoms with Crippen LogP contribution in [0, 0.1) is 6.92 Å². The first-order valence-corrected chi connectivity index (χ1v) is 10.6. The first-order valence-electron chi connectivity index (χ1n) is 9.68. The number of benzene rings is 1. The summed E-state index contributed by atoms with van der Waals surface area (Å²) in [7, 11) is 1.85. The molecule has 0 saturated carbocycles. The number of nitrogens with zero attached hydrogens (tertiary/aromatic N) is 4. The van der Waals surface area contributed by atoms with Crippen LogP contribution >= 0.6 is 11.3 Å². The predicted octanol–water partition coefficient (Wildman–Crippen LogP) is 5.32. The number of thiophene rings is 1. The molecule has 0 aliphatic carbocycles. The Bertz CT molecular complexity index is 1160. The molecule has 3 aromatic heterocycles. The summed E-state index contributed by atoms with van der Waals surface area (Å²) in [5.41, 5.74) is 4.52. The van der Waals surface area contributed by atoms with Crippen LogP contribution in [-0.2, 0) is 6.54 Å². The van der Waals surface area contributed by atoms with Crippen LogP contribution in [0.4, 0.5) is 0 Å². The fourth-order valence-corrected chi connectivity index (χ4v) is 4.13. The van der Waals surface area contributed by atoms with E-state index in [1.165, 1.54) is 5.56 Å². The molecule has 6 heteroatoms. The number of pyridine rings is 1. The van der Waals surface area contributed by atoms with Crippen LogP contribution < -0.4 is 0 Å². The van der Waals surface area contributed by atoms with Crippen molar-refractivity contribution >= 4 is 28.3 Å². The normalized spacial score (nSPS) is 11.3. The number of aromatic nitrogens is 3. The molecular formula is C23H24N4OS. The largest absolute Gasteiger partial charge is 0.337 e. The van der Waals surface area contributed by atoms with Gasteiger partial charge in [-0.3, -0.25) is 4.79 Å². The maximum absolute atomic E-state index is 13.4. The second-order valence-electron chi connectivity index (χ2n) is 7.54. The van der Waals surface area contributed by atoms with E-state index in [2.05, 4.69) is 38.0 Å². The second-order valence-corrected chi connectivity index (χ2v) is 8.49. The molecule has 0 fully saturated rings. The molecule has 0 aliphatic rings. The predicted molar refractivity (Wildman–Crippen MR) is 118 cm³/mol. The topological polar surface area (TPSA) is 51.0 Å². The minimum absolute atomic E-state index is 0.0261. The molecule has 3 heterocycles. The van der Waals surface area contributed by atoms with Gasteiger partial charge in [-0.2, -0.15) is 5.10 Å². The quantitative estimate of drug-likeness (QED) is 0.452. The molecule has 0 bridgehead atoms. The Labute approximate surface area is 174 Å². The summed E-state index contributed by atoms with van der Waals surface area (Å²) in [6.45, 7) is 6.76. The van der Waals surface area contributed by atoms with Gasteiger partial charge >= 0.3 is 0 Å². The molecular weight excluding hydrogens is 380 g/mol. The number of fused-ring (bicyclic) bond motifs is 1. The fourth-order valence-electron chi connectivity index (χ4n) is 3.44. The Morgan fingerprint density at radius 3 is 2.69 bits per heavy atom. The van der Waals surface area contributed by atoms with Crippen molar-refractivity contribution in [3.05, 3.63) is 70.7 Å². The minimum Gasteiger partial charge on any atom is -0.337 e. The van der Waals surface area contributed by atoms with Gasteiger partial charge in [-0.1, -0.05) is 30.3 Å². The Morgan fingerprint density at radius 1 is 1.21 bits per heavy atom. The third-order valence-corrected chi connectivity index (χ3v) is 5.97. The van der Waals surface area contributed by atoms with Crippen LogP contribution in [0.3, 0.4) is 0 Å². The first kappa shape index (κ1) is 19.3. The van der Waals surface area contributed by atoms with E-state index < -0.39 is 0 Å². The zero-order chi connectivity index (χ0) is 20.5. The van der Waals surface area contributed by atoms with Gasteiger partial charge in [0.2, 0.25) is 0 Å². The molecule has 1 amide bonds. The van der Waals surface area contributed by atoms with E-state index in [0.29, 0.717) is 12.1 Å². The lowest BCUT2D eigenvalue weighted by atomic mass is 10.1.